The second kappa shape index (κ2) is 4.05. The lowest BCUT2D eigenvalue weighted by Crippen LogP contribution is -2.26. The van der Waals surface area contributed by atoms with Crippen molar-refractivity contribution in [3.63, 3.8) is 0 Å². The highest BCUT2D eigenvalue weighted by Gasteiger charge is 2.15. The van der Waals surface area contributed by atoms with E-state index in [4.69, 9.17) is 4.18 Å². The van der Waals surface area contributed by atoms with E-state index in [2.05, 4.69) is 0 Å². The highest BCUT2D eigenvalue weighted by molar-refractivity contribution is 7.84. The Morgan fingerprint density at radius 2 is 1.94 bits per heavy atom. The molecule has 0 fully saturated rings. The molecule has 2 aromatic rings. The van der Waals surface area contributed by atoms with Crippen LogP contribution in [-0.4, -0.2) is 31.4 Å². The van der Waals surface area contributed by atoms with Crippen molar-refractivity contribution in [1.29, 1.82) is 0 Å². The van der Waals surface area contributed by atoms with E-state index in [1.54, 1.807) is 12.1 Å². The van der Waals surface area contributed by atoms with Crippen LogP contribution in [0.15, 0.2) is 30.5 Å². The lowest BCUT2D eigenvalue weighted by atomic mass is 10.2. The van der Waals surface area contributed by atoms with E-state index in [0.717, 1.165) is 15.2 Å². The minimum atomic E-state index is -3.69. The average Bonchev–Trinajstić information content (AvgIpc) is 2.59. The van der Waals surface area contributed by atoms with Crippen LogP contribution in [0.4, 0.5) is 0 Å². The Morgan fingerprint density at radius 3 is 2.59 bits per heavy atom. The molecular formula is C11H14N2O3S. The van der Waals surface area contributed by atoms with Crippen molar-refractivity contribution in [2.24, 2.45) is 7.05 Å². The van der Waals surface area contributed by atoms with E-state index >= 15 is 0 Å². The van der Waals surface area contributed by atoms with Crippen molar-refractivity contribution in [3.05, 3.63) is 30.5 Å². The molecule has 1 heterocycles. The van der Waals surface area contributed by atoms with Gasteiger partial charge >= 0.3 is 10.3 Å². The summed E-state index contributed by atoms with van der Waals surface area (Å²) in [4.78, 5) is 0. The van der Waals surface area contributed by atoms with Crippen LogP contribution in [0, 0.1) is 0 Å². The average molecular weight is 254 g/mol. The zero-order valence-corrected chi connectivity index (χ0v) is 10.7. The summed E-state index contributed by atoms with van der Waals surface area (Å²) in [6, 6.07) is 7.08. The first-order chi connectivity index (χ1) is 7.90. The number of rotatable bonds is 3. The van der Waals surface area contributed by atoms with Gasteiger partial charge in [-0.2, -0.15) is 12.7 Å². The molecule has 0 spiro atoms. The number of fused-ring (bicyclic) bond motifs is 1. The van der Waals surface area contributed by atoms with Gasteiger partial charge in [0.25, 0.3) is 0 Å². The fraction of sp³-hybridized carbons (Fsp3) is 0.273. The Balaban J connectivity index is 2.38. The monoisotopic (exact) mass is 254 g/mol. The molecule has 92 valence electrons. The van der Waals surface area contributed by atoms with Gasteiger partial charge in [0.1, 0.15) is 5.75 Å². The summed E-state index contributed by atoms with van der Waals surface area (Å²) in [5, 5.41) is 0.943. The molecular weight excluding hydrogens is 240 g/mol. The molecule has 0 radical (unpaired) electrons. The maximum Gasteiger partial charge on any atom is 0.384 e. The number of hydrogen-bond donors (Lipinski definition) is 0. The first kappa shape index (κ1) is 11.9. The minimum Gasteiger partial charge on any atom is -0.371 e. The molecule has 5 nitrogen and oxygen atoms in total. The summed E-state index contributed by atoms with van der Waals surface area (Å²) < 4.78 is 31.0. The largest absolute Gasteiger partial charge is 0.384 e. The van der Waals surface area contributed by atoms with Crippen LogP contribution in [-0.2, 0) is 17.4 Å². The van der Waals surface area contributed by atoms with E-state index in [-0.39, 0.29) is 0 Å². The topological polar surface area (TPSA) is 51.5 Å². The molecule has 0 bridgehead atoms. The number of aromatic nitrogens is 1. The molecule has 17 heavy (non-hydrogen) atoms. The van der Waals surface area contributed by atoms with Crippen molar-refractivity contribution in [1.82, 2.24) is 8.87 Å². The number of benzene rings is 1. The Kier molecular flexibility index (Phi) is 2.84. The number of aryl methyl sites for hydroxylation is 1. The summed E-state index contributed by atoms with van der Waals surface area (Å²) in [6.45, 7) is 0. The van der Waals surface area contributed by atoms with Crippen LogP contribution in [0.2, 0.25) is 0 Å². The molecule has 0 aliphatic rings. The first-order valence-electron chi connectivity index (χ1n) is 5.07. The third-order valence-corrected chi connectivity index (χ3v) is 3.80. The zero-order chi connectivity index (χ0) is 12.6. The molecule has 1 aromatic carbocycles. The van der Waals surface area contributed by atoms with Gasteiger partial charge in [0.05, 0.1) is 0 Å². The summed E-state index contributed by atoms with van der Waals surface area (Å²) in [5.74, 6) is 0.317. The minimum absolute atomic E-state index is 0.317. The maximum absolute atomic E-state index is 11.5. The summed E-state index contributed by atoms with van der Waals surface area (Å²) in [6.07, 6.45) is 1.91. The van der Waals surface area contributed by atoms with Gasteiger partial charge < -0.3 is 8.75 Å². The number of hydrogen-bond acceptors (Lipinski definition) is 3. The zero-order valence-electron chi connectivity index (χ0n) is 9.91. The van der Waals surface area contributed by atoms with E-state index in [1.807, 2.05) is 29.9 Å². The molecule has 0 unspecified atom stereocenters. The third-order valence-electron chi connectivity index (χ3n) is 2.51. The SMILES string of the molecule is CN(C)S(=O)(=O)Oc1ccc2c(ccn2C)c1. The summed E-state index contributed by atoms with van der Waals surface area (Å²) >= 11 is 0. The highest BCUT2D eigenvalue weighted by atomic mass is 32.2. The standard InChI is InChI=1S/C11H14N2O3S/c1-12(2)17(14,15)16-10-4-5-11-9(8-10)6-7-13(11)3/h4-8H,1-3H3. The van der Waals surface area contributed by atoms with Gasteiger partial charge in [0.15, 0.2) is 0 Å². The van der Waals surface area contributed by atoms with Crippen LogP contribution in [0.5, 0.6) is 5.75 Å². The van der Waals surface area contributed by atoms with Crippen molar-refractivity contribution in [2.45, 2.75) is 0 Å². The molecule has 0 saturated heterocycles. The van der Waals surface area contributed by atoms with Crippen molar-refractivity contribution in [2.75, 3.05) is 14.1 Å². The van der Waals surface area contributed by atoms with E-state index in [0.29, 0.717) is 5.75 Å². The van der Waals surface area contributed by atoms with Crippen molar-refractivity contribution >= 4 is 21.2 Å². The molecule has 2 rings (SSSR count). The van der Waals surface area contributed by atoms with Gasteiger partial charge in [0.2, 0.25) is 0 Å². The molecule has 0 aliphatic heterocycles. The van der Waals surface area contributed by atoms with Crippen LogP contribution in [0.1, 0.15) is 0 Å². The highest BCUT2D eigenvalue weighted by Crippen LogP contribution is 2.22. The predicted molar refractivity (Wildman–Crippen MR) is 66.2 cm³/mol. The normalized spacial score (nSPS) is 12.2. The Hall–Kier alpha value is -1.53. The molecule has 1 aromatic heterocycles. The molecule has 0 amide bonds. The Labute approximate surface area is 100 Å². The fourth-order valence-corrected chi connectivity index (χ4v) is 2.00. The molecule has 0 N–H and O–H groups in total. The van der Waals surface area contributed by atoms with Gasteiger partial charge in [-0.1, -0.05) is 0 Å². The lowest BCUT2D eigenvalue weighted by Gasteiger charge is -2.11. The van der Waals surface area contributed by atoms with E-state index in [9.17, 15) is 8.42 Å². The first-order valence-corrected chi connectivity index (χ1v) is 6.44. The molecule has 6 heteroatoms. The quantitative estimate of drug-likeness (QED) is 0.831. The van der Waals surface area contributed by atoms with Gasteiger partial charge in [-0.25, -0.2) is 0 Å². The van der Waals surface area contributed by atoms with Gasteiger partial charge in [-0.05, 0) is 24.3 Å². The lowest BCUT2D eigenvalue weighted by molar-refractivity contribution is 0.421. The maximum atomic E-state index is 11.5. The second-order valence-electron chi connectivity index (χ2n) is 3.97. The van der Waals surface area contributed by atoms with Crippen LogP contribution >= 0.6 is 0 Å². The number of nitrogens with zero attached hydrogens (tertiary/aromatic N) is 2. The fourth-order valence-electron chi connectivity index (χ4n) is 1.51. The van der Waals surface area contributed by atoms with Crippen LogP contribution in [0.25, 0.3) is 10.9 Å². The van der Waals surface area contributed by atoms with Crippen LogP contribution in [0.3, 0.4) is 0 Å². The van der Waals surface area contributed by atoms with Gasteiger partial charge in [-0.15, -0.1) is 0 Å². The smallest absolute Gasteiger partial charge is 0.371 e. The predicted octanol–water partition coefficient (Wildman–Crippen LogP) is 1.36. The Bertz CT molecular complexity index is 644. The molecule has 0 atom stereocenters. The molecule has 0 saturated carbocycles. The summed E-state index contributed by atoms with van der Waals surface area (Å²) in [7, 11) is 1.10. The van der Waals surface area contributed by atoms with Crippen LogP contribution < -0.4 is 4.18 Å². The van der Waals surface area contributed by atoms with Gasteiger partial charge in [0, 0.05) is 38.2 Å². The van der Waals surface area contributed by atoms with Crippen molar-refractivity contribution in [3.8, 4) is 5.75 Å². The second-order valence-corrected chi connectivity index (χ2v) is 5.72. The van der Waals surface area contributed by atoms with Gasteiger partial charge in [-0.3, -0.25) is 0 Å². The van der Waals surface area contributed by atoms with E-state index < -0.39 is 10.3 Å². The third kappa shape index (κ3) is 2.27. The molecule has 0 aliphatic carbocycles. The summed E-state index contributed by atoms with van der Waals surface area (Å²) in [5.41, 5.74) is 1.03. The van der Waals surface area contributed by atoms with E-state index in [1.165, 1.54) is 14.1 Å². The Morgan fingerprint density at radius 1 is 1.24 bits per heavy atom. The van der Waals surface area contributed by atoms with Crippen molar-refractivity contribution < 1.29 is 12.6 Å².